The van der Waals surface area contributed by atoms with Gasteiger partial charge in [-0.1, -0.05) is 83.0 Å². The highest BCUT2D eigenvalue weighted by atomic mass is 28.4. The Kier molecular flexibility index (Phi) is 14.0. The largest absolute Gasteiger partial charge is 0.482 e. The molecule has 2 aromatic carbocycles. The fourth-order valence-corrected chi connectivity index (χ4v) is 10.7. The van der Waals surface area contributed by atoms with E-state index in [1.165, 1.54) is 11.1 Å². The van der Waals surface area contributed by atoms with Crippen LogP contribution in [0.3, 0.4) is 0 Å². The number of hydrogen-bond acceptors (Lipinski definition) is 6. The maximum absolute atomic E-state index is 12.5. The third kappa shape index (κ3) is 9.60. The minimum atomic E-state index is -1.82. The number of carbonyl (C=O) groups is 2. The van der Waals surface area contributed by atoms with E-state index in [2.05, 4.69) is 39.1 Å². The molecule has 0 heterocycles. The van der Waals surface area contributed by atoms with E-state index in [1.54, 1.807) is 7.05 Å². The van der Waals surface area contributed by atoms with Gasteiger partial charge in [-0.25, -0.2) is 9.59 Å². The number of carbonyl (C=O) groups excluding carboxylic acids is 2. The SMILES string of the molecule is CCCCC[C@@H](CC[C@@H]1[C@H]2Cc3cccc(OCC(=O)OCc4ccccc4)c3C[C@H]2C[C@H]1O[Si](CC)(CC)CC)OC(=O)NC. The number of amides is 1. The summed E-state index contributed by atoms with van der Waals surface area (Å²) in [5.41, 5.74) is 3.50. The first kappa shape index (κ1) is 36.0. The number of rotatable bonds is 18. The van der Waals surface area contributed by atoms with Crippen molar-refractivity contribution in [3.63, 3.8) is 0 Å². The average Bonchev–Trinajstić information content (AvgIpc) is 3.42. The van der Waals surface area contributed by atoms with Crippen molar-refractivity contribution < 1.29 is 28.2 Å². The van der Waals surface area contributed by atoms with Gasteiger partial charge >= 0.3 is 12.1 Å². The molecule has 0 radical (unpaired) electrons. The van der Waals surface area contributed by atoms with Crippen LogP contribution in [0.15, 0.2) is 48.5 Å². The molecular weight excluding hydrogens is 595 g/mol. The van der Waals surface area contributed by atoms with Crippen molar-refractivity contribution >= 4 is 20.4 Å². The van der Waals surface area contributed by atoms with Crippen LogP contribution in [0.25, 0.3) is 0 Å². The molecule has 7 nitrogen and oxygen atoms in total. The Morgan fingerprint density at radius 3 is 2.39 bits per heavy atom. The smallest absolute Gasteiger partial charge is 0.407 e. The summed E-state index contributed by atoms with van der Waals surface area (Å²) in [6.45, 7) is 9.27. The highest BCUT2D eigenvalue weighted by molar-refractivity contribution is 6.73. The maximum atomic E-state index is 12.5. The van der Waals surface area contributed by atoms with Crippen LogP contribution >= 0.6 is 0 Å². The monoisotopic (exact) mass is 651 g/mol. The van der Waals surface area contributed by atoms with Crippen molar-refractivity contribution in [2.24, 2.45) is 17.8 Å². The van der Waals surface area contributed by atoms with Gasteiger partial charge in [0.15, 0.2) is 14.9 Å². The van der Waals surface area contributed by atoms with Crippen molar-refractivity contribution in [3.05, 3.63) is 65.2 Å². The normalized spacial score (nSPS) is 21.2. The van der Waals surface area contributed by atoms with E-state index in [1.807, 2.05) is 42.5 Å². The first-order valence-electron chi connectivity index (χ1n) is 17.8. The summed E-state index contributed by atoms with van der Waals surface area (Å²) in [6.07, 6.45) is 8.91. The molecule has 2 aliphatic rings. The number of fused-ring (bicyclic) bond motifs is 2. The zero-order valence-corrected chi connectivity index (χ0v) is 29.9. The number of alkyl carbamates (subject to hydrolysis) is 1. The predicted octanol–water partition coefficient (Wildman–Crippen LogP) is 8.64. The summed E-state index contributed by atoms with van der Waals surface area (Å²) in [7, 11) is -0.191. The average molecular weight is 652 g/mol. The van der Waals surface area contributed by atoms with Gasteiger partial charge in [-0.05, 0) is 104 Å². The second-order valence-corrected chi connectivity index (χ2v) is 18.0. The Labute approximate surface area is 278 Å². The van der Waals surface area contributed by atoms with Gasteiger partial charge in [0.25, 0.3) is 0 Å². The molecule has 46 heavy (non-hydrogen) atoms. The van der Waals surface area contributed by atoms with Crippen molar-refractivity contribution in [2.45, 2.75) is 122 Å². The highest BCUT2D eigenvalue weighted by Crippen LogP contribution is 2.50. The van der Waals surface area contributed by atoms with Crippen LogP contribution in [0.1, 0.15) is 89.3 Å². The maximum Gasteiger partial charge on any atom is 0.407 e. The fourth-order valence-electron chi connectivity index (χ4n) is 7.76. The molecule has 0 saturated heterocycles. The van der Waals surface area contributed by atoms with Crippen LogP contribution in [0.2, 0.25) is 18.1 Å². The quantitative estimate of drug-likeness (QED) is 0.0987. The Hall–Kier alpha value is -2.84. The van der Waals surface area contributed by atoms with Crippen LogP contribution in [-0.4, -0.2) is 46.2 Å². The van der Waals surface area contributed by atoms with Crippen LogP contribution in [0.4, 0.5) is 4.79 Å². The molecule has 1 fully saturated rings. The Bertz CT molecular complexity index is 1230. The molecule has 0 bridgehead atoms. The predicted molar refractivity (Wildman–Crippen MR) is 185 cm³/mol. The number of unbranched alkanes of at least 4 members (excludes halogenated alkanes) is 2. The van der Waals surface area contributed by atoms with Gasteiger partial charge in [-0.2, -0.15) is 0 Å². The van der Waals surface area contributed by atoms with Crippen LogP contribution in [0, 0.1) is 17.8 Å². The van der Waals surface area contributed by atoms with Crippen molar-refractivity contribution in [1.29, 1.82) is 0 Å². The highest BCUT2D eigenvalue weighted by Gasteiger charge is 2.48. The molecule has 0 unspecified atom stereocenters. The molecule has 1 saturated carbocycles. The van der Waals surface area contributed by atoms with Gasteiger partial charge in [0.05, 0.1) is 0 Å². The van der Waals surface area contributed by atoms with E-state index in [9.17, 15) is 9.59 Å². The molecule has 5 atom stereocenters. The molecule has 4 rings (SSSR count). The molecule has 1 amide bonds. The third-order valence-corrected chi connectivity index (χ3v) is 15.3. The van der Waals surface area contributed by atoms with Gasteiger partial charge in [0, 0.05) is 13.2 Å². The van der Waals surface area contributed by atoms with Crippen LogP contribution in [0.5, 0.6) is 5.75 Å². The molecule has 2 aromatic rings. The van der Waals surface area contributed by atoms with E-state index >= 15 is 0 Å². The topological polar surface area (TPSA) is 83.1 Å². The number of benzene rings is 2. The van der Waals surface area contributed by atoms with Gasteiger partial charge in [0.2, 0.25) is 0 Å². The van der Waals surface area contributed by atoms with Gasteiger partial charge < -0.3 is 24.0 Å². The summed E-state index contributed by atoms with van der Waals surface area (Å²) in [5, 5.41) is 2.65. The minimum absolute atomic E-state index is 0.0748. The molecule has 0 aromatic heterocycles. The summed E-state index contributed by atoms with van der Waals surface area (Å²) < 4.78 is 24.7. The number of ether oxygens (including phenoxy) is 3. The third-order valence-electron chi connectivity index (χ3n) is 10.7. The van der Waals surface area contributed by atoms with E-state index in [-0.39, 0.29) is 37.5 Å². The molecule has 254 valence electrons. The van der Waals surface area contributed by atoms with Crippen molar-refractivity contribution in [1.82, 2.24) is 5.32 Å². The second kappa shape index (κ2) is 17.9. The second-order valence-electron chi connectivity index (χ2n) is 13.3. The Balaban J connectivity index is 1.48. The van der Waals surface area contributed by atoms with Crippen molar-refractivity contribution in [2.75, 3.05) is 13.7 Å². The standard InChI is InChI=1S/C38H57NO6Si/c1-6-10-12-19-31(44-38(41)39-5)21-22-32-33-23-29-18-15-20-35(42-27-37(40)43-26-28-16-13-11-14-17-28)34(29)24-30(33)25-36(32)45-46(7-2,8-3)9-4/h11,13-18,20,30-33,36H,6-10,12,19,21-27H2,1-5H3,(H,39,41)/t30-,31-,32+,33-,36+/m0/s1. The first-order valence-corrected chi connectivity index (χ1v) is 20.4. The lowest BCUT2D eigenvalue weighted by molar-refractivity contribution is -0.147. The van der Waals surface area contributed by atoms with E-state index in [0.717, 1.165) is 87.2 Å². The zero-order valence-electron chi connectivity index (χ0n) is 28.9. The van der Waals surface area contributed by atoms with Crippen molar-refractivity contribution in [3.8, 4) is 5.75 Å². The molecule has 0 aliphatic heterocycles. The summed E-state index contributed by atoms with van der Waals surface area (Å²) in [5.74, 6) is 1.86. The van der Waals surface area contributed by atoms with E-state index in [4.69, 9.17) is 18.6 Å². The van der Waals surface area contributed by atoms with Gasteiger partial charge in [-0.3, -0.25) is 0 Å². The zero-order chi connectivity index (χ0) is 32.9. The summed E-state index contributed by atoms with van der Waals surface area (Å²) >= 11 is 0. The summed E-state index contributed by atoms with van der Waals surface area (Å²) in [6, 6.07) is 19.4. The number of esters is 1. The van der Waals surface area contributed by atoms with E-state index < -0.39 is 8.32 Å². The fraction of sp³-hybridized carbons (Fsp3) is 0.632. The minimum Gasteiger partial charge on any atom is -0.482 e. The Morgan fingerprint density at radius 2 is 1.70 bits per heavy atom. The molecule has 1 N–H and O–H groups in total. The molecular formula is C38H57NO6Si. The van der Waals surface area contributed by atoms with Crippen LogP contribution in [-0.2, 0) is 38.1 Å². The molecule has 0 spiro atoms. The summed E-state index contributed by atoms with van der Waals surface area (Å²) in [4.78, 5) is 24.8. The lowest BCUT2D eigenvalue weighted by Gasteiger charge is -2.36. The molecule has 2 aliphatic carbocycles. The lowest BCUT2D eigenvalue weighted by atomic mass is 9.73. The lowest BCUT2D eigenvalue weighted by Crippen LogP contribution is -2.42. The van der Waals surface area contributed by atoms with Gasteiger partial charge in [-0.15, -0.1) is 0 Å². The van der Waals surface area contributed by atoms with Crippen LogP contribution < -0.4 is 10.1 Å². The van der Waals surface area contributed by atoms with Gasteiger partial charge in [0.1, 0.15) is 18.5 Å². The molecule has 8 heteroatoms. The number of nitrogens with one attached hydrogen (secondary N) is 1. The first-order chi connectivity index (χ1) is 22.3. The van der Waals surface area contributed by atoms with E-state index in [0.29, 0.717) is 17.8 Å². The number of hydrogen-bond donors (Lipinski definition) is 1. The Morgan fingerprint density at radius 1 is 0.935 bits per heavy atom.